The van der Waals surface area contributed by atoms with Crippen LogP contribution in [0, 0.1) is 0 Å². The molecule has 0 unspecified atom stereocenters. The van der Waals surface area contributed by atoms with Crippen LogP contribution in [-0.2, 0) is 4.79 Å². The summed E-state index contributed by atoms with van der Waals surface area (Å²) in [5, 5.41) is 16.9. The number of hydrogen-bond acceptors (Lipinski definition) is 5. The van der Waals surface area contributed by atoms with Crippen LogP contribution in [0.15, 0.2) is 58.3 Å². The molecule has 0 atom stereocenters. The van der Waals surface area contributed by atoms with Gasteiger partial charge in [-0.2, -0.15) is 5.10 Å². The van der Waals surface area contributed by atoms with Gasteiger partial charge in [0, 0.05) is 10.6 Å². The molecule has 156 valence electrons. The van der Waals surface area contributed by atoms with Gasteiger partial charge in [-0.3, -0.25) is 34.5 Å². The van der Waals surface area contributed by atoms with E-state index >= 15 is 0 Å². The predicted molar refractivity (Wildman–Crippen MR) is 115 cm³/mol. The number of H-pyrrole nitrogens is 3. The van der Waals surface area contributed by atoms with Crippen molar-refractivity contribution in [2.45, 2.75) is 0 Å². The molecule has 0 bridgehead atoms. The fourth-order valence-corrected chi connectivity index (χ4v) is 3.20. The first-order valence-corrected chi connectivity index (χ1v) is 9.43. The maximum Gasteiger partial charge on any atom is 0.272 e. The molecule has 0 spiro atoms. The maximum atomic E-state index is 12.6. The standard InChI is InChI=1S/C20H15ClN6O4/c21-11-6-4-10(5-7-11)17-13(8-23-25-17)18(29)22-9-15(28)24-14-3-1-2-12-16(14)20(31)27-26-19(12)30/h1-8H,9H2,(H,22,29)(H,23,25)(H,24,28)(H,26,30)(H,27,31). The van der Waals surface area contributed by atoms with E-state index < -0.39 is 22.9 Å². The number of aromatic nitrogens is 4. The zero-order valence-electron chi connectivity index (χ0n) is 15.8. The summed E-state index contributed by atoms with van der Waals surface area (Å²) in [6, 6.07) is 11.3. The molecule has 2 aromatic carbocycles. The van der Waals surface area contributed by atoms with Gasteiger partial charge in [-0.1, -0.05) is 29.8 Å². The summed E-state index contributed by atoms with van der Waals surface area (Å²) in [6.45, 7) is -0.360. The van der Waals surface area contributed by atoms with E-state index in [0.717, 1.165) is 0 Å². The summed E-state index contributed by atoms with van der Waals surface area (Å²) < 4.78 is 0. The van der Waals surface area contributed by atoms with Gasteiger partial charge in [0.1, 0.15) is 0 Å². The van der Waals surface area contributed by atoms with Crippen molar-refractivity contribution >= 4 is 39.9 Å². The van der Waals surface area contributed by atoms with Gasteiger partial charge in [-0.05, 0) is 24.3 Å². The Morgan fingerprint density at radius 1 is 1.00 bits per heavy atom. The lowest BCUT2D eigenvalue weighted by molar-refractivity contribution is -0.115. The molecule has 0 saturated carbocycles. The Hall–Kier alpha value is -4.18. The lowest BCUT2D eigenvalue weighted by Crippen LogP contribution is -2.33. The van der Waals surface area contributed by atoms with Crippen LogP contribution in [0.4, 0.5) is 5.69 Å². The molecule has 0 radical (unpaired) electrons. The van der Waals surface area contributed by atoms with Crippen LogP contribution in [0.5, 0.6) is 0 Å². The van der Waals surface area contributed by atoms with Crippen LogP contribution in [0.3, 0.4) is 0 Å². The van der Waals surface area contributed by atoms with Crippen molar-refractivity contribution in [3.8, 4) is 11.3 Å². The molecule has 4 rings (SSSR count). The molecule has 4 aromatic rings. The van der Waals surface area contributed by atoms with Gasteiger partial charge in [0.25, 0.3) is 17.0 Å². The zero-order chi connectivity index (χ0) is 22.0. The highest BCUT2D eigenvalue weighted by atomic mass is 35.5. The van der Waals surface area contributed by atoms with Crippen LogP contribution in [0.2, 0.25) is 5.02 Å². The normalized spacial score (nSPS) is 10.7. The molecular formula is C20H15ClN6O4. The van der Waals surface area contributed by atoms with Gasteiger partial charge in [-0.15, -0.1) is 0 Å². The van der Waals surface area contributed by atoms with E-state index in [-0.39, 0.29) is 28.6 Å². The monoisotopic (exact) mass is 438 g/mol. The SMILES string of the molecule is O=C(CNC(=O)c1cn[nH]c1-c1ccc(Cl)cc1)Nc1cccc2c(=O)[nH][nH]c(=O)c12. The fraction of sp³-hybridized carbons (Fsp3) is 0.0500. The number of aromatic amines is 3. The second-order valence-corrected chi connectivity index (χ2v) is 6.97. The molecule has 0 aliphatic carbocycles. The third kappa shape index (κ3) is 4.09. The number of anilines is 1. The Morgan fingerprint density at radius 3 is 2.52 bits per heavy atom. The Balaban J connectivity index is 1.48. The Morgan fingerprint density at radius 2 is 1.74 bits per heavy atom. The van der Waals surface area contributed by atoms with Crippen molar-refractivity contribution in [2.24, 2.45) is 0 Å². The molecular weight excluding hydrogens is 424 g/mol. The van der Waals surface area contributed by atoms with Crippen LogP contribution in [0.25, 0.3) is 22.0 Å². The van der Waals surface area contributed by atoms with Crippen molar-refractivity contribution in [3.05, 3.63) is 80.0 Å². The number of fused-ring (bicyclic) bond motifs is 1. The van der Waals surface area contributed by atoms with E-state index in [1.165, 1.54) is 24.4 Å². The number of nitrogens with one attached hydrogen (secondary N) is 5. The quantitative estimate of drug-likeness (QED) is 0.320. The van der Waals surface area contributed by atoms with Gasteiger partial charge < -0.3 is 10.6 Å². The van der Waals surface area contributed by atoms with Crippen LogP contribution in [0.1, 0.15) is 10.4 Å². The Kier molecular flexibility index (Phi) is 5.37. The molecule has 0 saturated heterocycles. The molecule has 2 heterocycles. The average Bonchev–Trinajstić information content (AvgIpc) is 3.25. The lowest BCUT2D eigenvalue weighted by atomic mass is 10.1. The smallest absolute Gasteiger partial charge is 0.272 e. The van der Waals surface area contributed by atoms with Crippen molar-refractivity contribution in [3.63, 3.8) is 0 Å². The molecule has 11 heteroatoms. The number of nitrogens with zero attached hydrogens (tertiary/aromatic N) is 1. The van der Waals surface area contributed by atoms with Crippen LogP contribution in [-0.4, -0.2) is 38.8 Å². The molecule has 0 aliphatic heterocycles. The van der Waals surface area contributed by atoms with Crippen molar-refractivity contribution in [1.82, 2.24) is 25.7 Å². The largest absolute Gasteiger partial charge is 0.343 e. The second kappa shape index (κ2) is 8.28. The van der Waals surface area contributed by atoms with E-state index in [2.05, 4.69) is 31.0 Å². The van der Waals surface area contributed by atoms with Crippen LogP contribution < -0.4 is 21.8 Å². The van der Waals surface area contributed by atoms with Gasteiger partial charge in [-0.25, -0.2) is 0 Å². The molecule has 10 nitrogen and oxygen atoms in total. The van der Waals surface area contributed by atoms with Crippen molar-refractivity contribution in [2.75, 3.05) is 11.9 Å². The fourth-order valence-electron chi connectivity index (χ4n) is 3.08. The highest BCUT2D eigenvalue weighted by Gasteiger charge is 2.17. The van der Waals surface area contributed by atoms with E-state index in [4.69, 9.17) is 11.6 Å². The topological polar surface area (TPSA) is 153 Å². The third-order valence-corrected chi connectivity index (χ3v) is 4.78. The van der Waals surface area contributed by atoms with Gasteiger partial charge >= 0.3 is 0 Å². The summed E-state index contributed by atoms with van der Waals surface area (Å²) in [7, 11) is 0. The van der Waals surface area contributed by atoms with E-state index in [1.54, 1.807) is 24.3 Å². The highest BCUT2D eigenvalue weighted by molar-refractivity contribution is 6.30. The first-order valence-electron chi connectivity index (χ1n) is 9.05. The highest BCUT2D eigenvalue weighted by Crippen LogP contribution is 2.23. The number of rotatable bonds is 5. The number of halogens is 1. The first-order chi connectivity index (χ1) is 14.9. The summed E-state index contributed by atoms with van der Waals surface area (Å²) in [6.07, 6.45) is 1.35. The molecule has 31 heavy (non-hydrogen) atoms. The average molecular weight is 439 g/mol. The molecule has 2 aromatic heterocycles. The maximum absolute atomic E-state index is 12.6. The van der Waals surface area contributed by atoms with Crippen molar-refractivity contribution < 1.29 is 9.59 Å². The first kappa shape index (κ1) is 20.1. The summed E-state index contributed by atoms with van der Waals surface area (Å²) >= 11 is 5.89. The number of amides is 2. The van der Waals surface area contributed by atoms with Gasteiger partial charge in [0.15, 0.2) is 0 Å². The van der Waals surface area contributed by atoms with Crippen molar-refractivity contribution in [1.29, 1.82) is 0 Å². The Labute approximate surface area is 178 Å². The summed E-state index contributed by atoms with van der Waals surface area (Å²) in [5.41, 5.74) is 0.554. The number of benzene rings is 2. The summed E-state index contributed by atoms with van der Waals surface area (Å²) in [5.74, 6) is -1.09. The zero-order valence-corrected chi connectivity index (χ0v) is 16.5. The summed E-state index contributed by atoms with van der Waals surface area (Å²) in [4.78, 5) is 48.9. The molecule has 2 amide bonds. The van der Waals surface area contributed by atoms with Gasteiger partial charge in [0.05, 0.1) is 40.5 Å². The van der Waals surface area contributed by atoms with E-state index in [9.17, 15) is 19.2 Å². The van der Waals surface area contributed by atoms with Gasteiger partial charge in [0.2, 0.25) is 5.91 Å². The van der Waals surface area contributed by atoms with E-state index in [0.29, 0.717) is 16.3 Å². The van der Waals surface area contributed by atoms with Crippen LogP contribution >= 0.6 is 11.6 Å². The molecule has 0 fully saturated rings. The minimum Gasteiger partial charge on any atom is -0.343 e. The Bertz CT molecular complexity index is 1400. The second-order valence-electron chi connectivity index (χ2n) is 6.53. The molecule has 5 N–H and O–H groups in total. The minimum atomic E-state index is -0.572. The number of carbonyl (C=O) groups is 2. The lowest BCUT2D eigenvalue weighted by Gasteiger charge is -2.09. The minimum absolute atomic E-state index is 0.0470. The molecule has 0 aliphatic rings. The van der Waals surface area contributed by atoms with E-state index in [1.807, 2.05) is 0 Å². The third-order valence-electron chi connectivity index (χ3n) is 4.53. The predicted octanol–water partition coefficient (Wildman–Crippen LogP) is 1.63. The number of carbonyl (C=O) groups excluding carboxylic acids is 2. The number of hydrogen-bond donors (Lipinski definition) is 5.